The Morgan fingerprint density at radius 3 is 2.58 bits per heavy atom. The monoisotopic (exact) mass is 325 g/mol. The second kappa shape index (κ2) is 5.40. The van der Waals surface area contributed by atoms with Crippen molar-refractivity contribution in [1.29, 1.82) is 0 Å². The van der Waals surface area contributed by atoms with Crippen LogP contribution < -0.4 is 10.4 Å². The van der Waals surface area contributed by atoms with E-state index in [2.05, 4.69) is 17.1 Å². The van der Waals surface area contributed by atoms with E-state index in [1.165, 1.54) is 6.07 Å². The summed E-state index contributed by atoms with van der Waals surface area (Å²) in [7, 11) is 1.73. The zero-order valence-electron chi connectivity index (χ0n) is 13.4. The molecule has 0 unspecified atom stereocenters. The van der Waals surface area contributed by atoms with Crippen LogP contribution in [0.4, 0.5) is 0 Å². The van der Waals surface area contributed by atoms with E-state index in [1.54, 1.807) is 22.8 Å². The van der Waals surface area contributed by atoms with Gasteiger partial charge in [0.1, 0.15) is 6.17 Å². The van der Waals surface area contributed by atoms with Crippen LogP contribution in [0, 0.1) is 0 Å². The molecule has 124 valence electrons. The van der Waals surface area contributed by atoms with Gasteiger partial charge in [-0.1, -0.05) is 30.3 Å². The molecular formula is C18H19N3O3. The summed E-state index contributed by atoms with van der Waals surface area (Å²) in [4.78, 5) is 26.1. The fourth-order valence-corrected chi connectivity index (χ4v) is 3.84. The number of pyridine rings is 1. The minimum Gasteiger partial charge on any atom is -0.502 e. The lowest BCUT2D eigenvalue weighted by molar-refractivity contribution is 0.0553. The number of fused-ring (bicyclic) bond motifs is 3. The van der Waals surface area contributed by atoms with Crippen molar-refractivity contribution in [2.75, 3.05) is 12.1 Å². The molecule has 1 fully saturated rings. The Kier molecular flexibility index (Phi) is 3.33. The molecule has 2 atom stereocenters. The minimum atomic E-state index is -0.533. The molecule has 0 spiro atoms. The van der Waals surface area contributed by atoms with Crippen LogP contribution in [0.1, 0.15) is 41.4 Å². The highest BCUT2D eigenvalue weighted by Crippen LogP contribution is 2.37. The van der Waals surface area contributed by atoms with Crippen molar-refractivity contribution >= 4 is 5.91 Å². The summed E-state index contributed by atoms with van der Waals surface area (Å²) in [6.07, 6.45) is 4.33. The number of carbonyl (C=O) groups excluding carboxylic acids is 1. The maximum Gasteiger partial charge on any atom is 0.277 e. The highest BCUT2D eigenvalue weighted by atomic mass is 16.3. The number of nitrogens with zero attached hydrogens (tertiary/aromatic N) is 3. The molecule has 6 heteroatoms. The summed E-state index contributed by atoms with van der Waals surface area (Å²) in [5.41, 5.74) is 0.674. The minimum absolute atomic E-state index is 0.0454. The second-order valence-corrected chi connectivity index (χ2v) is 6.36. The number of hydrogen-bond acceptors (Lipinski definition) is 4. The quantitative estimate of drug-likeness (QED) is 0.869. The molecule has 1 saturated heterocycles. The smallest absolute Gasteiger partial charge is 0.277 e. The van der Waals surface area contributed by atoms with Crippen LogP contribution in [0.15, 0.2) is 47.4 Å². The van der Waals surface area contributed by atoms with Crippen LogP contribution in [0.3, 0.4) is 0 Å². The van der Waals surface area contributed by atoms with Gasteiger partial charge < -0.3 is 10.0 Å². The Morgan fingerprint density at radius 1 is 1.08 bits per heavy atom. The van der Waals surface area contributed by atoms with Crippen molar-refractivity contribution in [3.8, 4) is 5.75 Å². The zero-order chi connectivity index (χ0) is 16.8. The van der Waals surface area contributed by atoms with E-state index < -0.39 is 11.2 Å². The number of hydrogen-bond donors (Lipinski definition) is 1. The zero-order valence-corrected chi connectivity index (χ0v) is 13.4. The van der Waals surface area contributed by atoms with Gasteiger partial charge in [0.2, 0.25) is 5.43 Å². The predicted molar refractivity (Wildman–Crippen MR) is 89.5 cm³/mol. The van der Waals surface area contributed by atoms with E-state index in [-0.39, 0.29) is 23.8 Å². The molecule has 3 heterocycles. The fraction of sp³-hybridized carbons (Fsp3) is 0.333. The van der Waals surface area contributed by atoms with Crippen LogP contribution in [-0.2, 0) is 0 Å². The number of amides is 1. The molecule has 2 aliphatic heterocycles. The van der Waals surface area contributed by atoms with Crippen LogP contribution >= 0.6 is 0 Å². The van der Waals surface area contributed by atoms with Crippen molar-refractivity contribution < 1.29 is 9.90 Å². The highest BCUT2D eigenvalue weighted by Gasteiger charge is 2.42. The third-order valence-electron chi connectivity index (χ3n) is 5.02. The fourth-order valence-electron chi connectivity index (χ4n) is 3.84. The summed E-state index contributed by atoms with van der Waals surface area (Å²) in [6, 6.07) is 11.5. The first-order chi connectivity index (χ1) is 11.6. The third kappa shape index (κ3) is 2.02. The summed E-state index contributed by atoms with van der Waals surface area (Å²) >= 11 is 0. The molecule has 2 aliphatic rings. The molecule has 0 aliphatic carbocycles. The first kappa shape index (κ1) is 14.8. The number of aromatic hydroxyl groups is 1. The van der Waals surface area contributed by atoms with Gasteiger partial charge in [0, 0.05) is 19.3 Å². The van der Waals surface area contributed by atoms with Crippen LogP contribution in [0.25, 0.3) is 0 Å². The second-order valence-electron chi connectivity index (χ2n) is 6.36. The van der Waals surface area contributed by atoms with E-state index in [9.17, 15) is 14.7 Å². The van der Waals surface area contributed by atoms with Crippen molar-refractivity contribution in [1.82, 2.24) is 9.58 Å². The molecule has 1 aromatic heterocycles. The van der Waals surface area contributed by atoms with Gasteiger partial charge in [-0.2, -0.15) is 0 Å². The van der Waals surface area contributed by atoms with E-state index in [4.69, 9.17) is 0 Å². The Morgan fingerprint density at radius 2 is 1.83 bits per heavy atom. The largest absolute Gasteiger partial charge is 0.502 e. The van der Waals surface area contributed by atoms with Gasteiger partial charge in [-0.25, -0.2) is 0 Å². The maximum absolute atomic E-state index is 12.7. The highest BCUT2D eigenvalue weighted by molar-refractivity contribution is 5.96. The number of aromatic nitrogens is 1. The standard InChI is InChI=1S/C18H19N3O3/c1-19-15-9-5-8-13(12-6-3-2-4-7-12)21(15)20-11-10-14(22)17(23)16(20)18(19)24/h2-4,6-7,10-11,13,15,23H,5,8-9H2,1H3/t13-,15-/m0/s1. The topological polar surface area (TPSA) is 65.8 Å². The summed E-state index contributed by atoms with van der Waals surface area (Å²) < 4.78 is 1.67. The molecule has 24 heavy (non-hydrogen) atoms. The van der Waals surface area contributed by atoms with E-state index in [0.717, 1.165) is 24.8 Å². The molecule has 0 bridgehead atoms. The van der Waals surface area contributed by atoms with Gasteiger partial charge in [0.05, 0.1) is 6.04 Å². The van der Waals surface area contributed by atoms with Gasteiger partial charge in [-0.3, -0.25) is 19.3 Å². The normalized spacial score (nSPS) is 23.0. The van der Waals surface area contributed by atoms with Crippen LogP contribution in [-0.4, -0.2) is 33.8 Å². The molecule has 6 nitrogen and oxygen atoms in total. The lowest BCUT2D eigenvalue weighted by Crippen LogP contribution is -2.62. The lowest BCUT2D eigenvalue weighted by Gasteiger charge is -2.51. The first-order valence-electron chi connectivity index (χ1n) is 8.15. The summed E-state index contributed by atoms with van der Waals surface area (Å²) in [5.74, 6) is -0.801. The SMILES string of the molecule is CN1C(=O)c2c(O)c(=O)ccn2N2[C@H](c3ccccc3)CCC[C@@H]12. The molecule has 1 aromatic carbocycles. The van der Waals surface area contributed by atoms with Crippen LogP contribution in [0.5, 0.6) is 5.75 Å². The van der Waals surface area contributed by atoms with Crippen molar-refractivity contribution in [3.63, 3.8) is 0 Å². The first-order valence-corrected chi connectivity index (χ1v) is 8.15. The van der Waals surface area contributed by atoms with E-state index in [1.807, 2.05) is 18.2 Å². The Bertz CT molecular complexity index is 846. The molecule has 4 rings (SSSR count). The van der Waals surface area contributed by atoms with Gasteiger partial charge in [0.25, 0.3) is 5.91 Å². The van der Waals surface area contributed by atoms with Crippen molar-refractivity contribution in [3.05, 3.63) is 64.1 Å². The lowest BCUT2D eigenvalue weighted by atomic mass is 9.94. The number of piperidine rings is 1. The molecule has 0 radical (unpaired) electrons. The van der Waals surface area contributed by atoms with Gasteiger partial charge in [-0.05, 0) is 24.8 Å². The average Bonchev–Trinajstić information content (AvgIpc) is 2.62. The van der Waals surface area contributed by atoms with Crippen molar-refractivity contribution in [2.45, 2.75) is 31.5 Å². The third-order valence-corrected chi connectivity index (χ3v) is 5.02. The molecule has 1 amide bonds. The molecule has 1 N–H and O–H groups in total. The number of rotatable bonds is 1. The van der Waals surface area contributed by atoms with Gasteiger partial charge >= 0.3 is 0 Å². The Balaban J connectivity index is 1.91. The summed E-state index contributed by atoms with van der Waals surface area (Å²) in [5, 5.41) is 12.3. The average molecular weight is 325 g/mol. The molecule has 2 aromatic rings. The Labute approximate surface area is 139 Å². The maximum atomic E-state index is 12.7. The van der Waals surface area contributed by atoms with Crippen LogP contribution in [0.2, 0.25) is 0 Å². The summed E-state index contributed by atoms with van der Waals surface area (Å²) in [6.45, 7) is 0. The Hall–Kier alpha value is -2.76. The molecular weight excluding hydrogens is 306 g/mol. The molecule has 0 saturated carbocycles. The number of carbonyl (C=O) groups is 1. The van der Waals surface area contributed by atoms with E-state index >= 15 is 0 Å². The number of benzene rings is 1. The van der Waals surface area contributed by atoms with Gasteiger partial charge in [-0.15, -0.1) is 0 Å². The van der Waals surface area contributed by atoms with Crippen molar-refractivity contribution in [2.24, 2.45) is 0 Å². The van der Waals surface area contributed by atoms with Gasteiger partial charge in [0.15, 0.2) is 11.4 Å². The van der Waals surface area contributed by atoms with E-state index in [0.29, 0.717) is 0 Å². The predicted octanol–water partition coefficient (Wildman–Crippen LogP) is 1.83.